The summed E-state index contributed by atoms with van der Waals surface area (Å²) < 4.78 is 15.5. The van der Waals surface area contributed by atoms with Crippen molar-refractivity contribution in [3.05, 3.63) is 54.6 Å². The van der Waals surface area contributed by atoms with E-state index in [0.717, 1.165) is 12.8 Å². The largest absolute Gasteiger partial charge is 0.462 e. The summed E-state index contributed by atoms with van der Waals surface area (Å²) in [5, 5.41) is 0. The summed E-state index contributed by atoms with van der Waals surface area (Å²) in [7, 11) is 0. The van der Waals surface area contributed by atoms with Crippen molar-refractivity contribution in [3.63, 3.8) is 0 Å². The van der Waals surface area contributed by atoms with Crippen LogP contribution in [-0.4, -0.2) is 24.8 Å². The van der Waals surface area contributed by atoms with Gasteiger partial charge in [0, 0.05) is 6.92 Å². The molecule has 5 nitrogen and oxygen atoms in total. The molecule has 0 amide bonds. The second-order valence-electron chi connectivity index (χ2n) is 4.85. The summed E-state index contributed by atoms with van der Waals surface area (Å²) in [5.41, 5.74) is -0.256. The molecule has 0 spiro atoms. The lowest BCUT2D eigenvalue weighted by Gasteiger charge is -2.16. The number of rotatable bonds is 9. The van der Waals surface area contributed by atoms with E-state index >= 15 is 0 Å². The number of benzene rings is 1. The van der Waals surface area contributed by atoms with E-state index in [4.69, 9.17) is 14.2 Å². The normalized spacial score (nSPS) is 11.2. The molecule has 0 saturated carbocycles. The lowest BCUT2D eigenvalue weighted by molar-refractivity contribution is -0.156. The fourth-order valence-corrected chi connectivity index (χ4v) is 1.58. The molecule has 1 aromatic rings. The van der Waals surface area contributed by atoms with Crippen LogP contribution in [0.2, 0.25) is 0 Å². The highest BCUT2D eigenvalue weighted by Gasteiger charge is 2.21. The molecule has 1 aromatic carbocycles. The van der Waals surface area contributed by atoms with Gasteiger partial charge >= 0.3 is 11.9 Å². The zero-order chi connectivity index (χ0) is 17.2. The summed E-state index contributed by atoms with van der Waals surface area (Å²) in [5.74, 6) is -0.876. The van der Waals surface area contributed by atoms with Gasteiger partial charge in [0.2, 0.25) is 6.29 Å². The number of unbranched alkanes of at least 4 members (excludes halogenated alkanes) is 1. The van der Waals surface area contributed by atoms with Crippen molar-refractivity contribution in [2.75, 3.05) is 6.61 Å². The fourth-order valence-electron chi connectivity index (χ4n) is 1.58. The number of ether oxygens (including phenoxy) is 3. The first-order valence-electron chi connectivity index (χ1n) is 7.43. The van der Waals surface area contributed by atoms with E-state index in [1.54, 1.807) is 31.2 Å². The van der Waals surface area contributed by atoms with Gasteiger partial charge in [-0.25, -0.2) is 9.59 Å². The van der Waals surface area contributed by atoms with Crippen LogP contribution in [0.5, 0.6) is 5.75 Å². The van der Waals surface area contributed by atoms with E-state index in [-0.39, 0.29) is 17.8 Å². The highest BCUT2D eigenvalue weighted by Crippen LogP contribution is 2.14. The van der Waals surface area contributed by atoms with E-state index in [2.05, 4.69) is 13.2 Å². The Kier molecular flexibility index (Phi) is 7.60. The summed E-state index contributed by atoms with van der Waals surface area (Å²) in [6.07, 6.45) is 0.820. The number of hydrogen-bond acceptors (Lipinski definition) is 5. The summed E-state index contributed by atoms with van der Waals surface area (Å²) in [6, 6.07) is 8.93. The SMILES string of the molecule is C=C(C(=C)C(=O)OC(C)Oc1ccccc1)C(=O)OCCCC. The number of carbonyl (C=O) groups is 2. The van der Waals surface area contributed by atoms with Crippen molar-refractivity contribution in [1.29, 1.82) is 0 Å². The Hall–Kier alpha value is -2.56. The number of carbonyl (C=O) groups excluding carboxylic acids is 2. The predicted octanol–water partition coefficient (Wildman–Crippen LogP) is 3.41. The molecule has 0 aliphatic carbocycles. The molecule has 0 radical (unpaired) electrons. The van der Waals surface area contributed by atoms with Gasteiger partial charge in [0.25, 0.3) is 0 Å². The van der Waals surface area contributed by atoms with Crippen LogP contribution >= 0.6 is 0 Å². The van der Waals surface area contributed by atoms with Crippen LogP contribution in [0.1, 0.15) is 26.7 Å². The predicted molar refractivity (Wildman–Crippen MR) is 86.8 cm³/mol. The minimum Gasteiger partial charge on any atom is -0.462 e. The molecule has 0 bridgehead atoms. The minimum absolute atomic E-state index is 0.113. The molecule has 1 atom stereocenters. The topological polar surface area (TPSA) is 61.8 Å². The highest BCUT2D eigenvalue weighted by molar-refractivity contribution is 6.06. The molecule has 0 aliphatic rings. The van der Waals surface area contributed by atoms with Crippen LogP contribution < -0.4 is 4.74 Å². The average Bonchev–Trinajstić information content (AvgIpc) is 2.54. The van der Waals surface area contributed by atoms with Gasteiger partial charge in [-0.15, -0.1) is 0 Å². The third-order valence-corrected chi connectivity index (χ3v) is 2.91. The second-order valence-corrected chi connectivity index (χ2v) is 4.85. The van der Waals surface area contributed by atoms with Crippen LogP contribution in [0.3, 0.4) is 0 Å². The van der Waals surface area contributed by atoms with E-state index in [1.807, 2.05) is 13.0 Å². The van der Waals surface area contributed by atoms with E-state index in [1.165, 1.54) is 0 Å². The molecule has 0 saturated heterocycles. The van der Waals surface area contributed by atoms with Crippen LogP contribution in [0.4, 0.5) is 0 Å². The standard InChI is InChI=1S/C18H22O5/c1-5-6-12-21-17(19)13(2)14(3)18(20)23-15(4)22-16-10-8-7-9-11-16/h7-11,15H,2-3,5-6,12H2,1,4H3. The van der Waals surface area contributed by atoms with E-state index < -0.39 is 18.2 Å². The Morgan fingerprint density at radius 3 is 2.30 bits per heavy atom. The van der Waals surface area contributed by atoms with Crippen molar-refractivity contribution < 1.29 is 23.8 Å². The third-order valence-electron chi connectivity index (χ3n) is 2.91. The van der Waals surface area contributed by atoms with Crippen molar-refractivity contribution in [1.82, 2.24) is 0 Å². The molecule has 0 N–H and O–H groups in total. The maximum absolute atomic E-state index is 11.9. The molecule has 5 heteroatoms. The first kappa shape index (κ1) is 18.5. The zero-order valence-corrected chi connectivity index (χ0v) is 13.5. The molecule has 0 fully saturated rings. The van der Waals surface area contributed by atoms with Gasteiger partial charge < -0.3 is 14.2 Å². The van der Waals surface area contributed by atoms with Gasteiger partial charge in [0.1, 0.15) is 5.75 Å². The van der Waals surface area contributed by atoms with Crippen LogP contribution in [0, 0.1) is 0 Å². The van der Waals surface area contributed by atoms with Crippen LogP contribution in [0.15, 0.2) is 54.6 Å². The Labute approximate surface area is 136 Å². The Morgan fingerprint density at radius 2 is 1.70 bits per heavy atom. The molecule has 1 unspecified atom stereocenters. The van der Waals surface area contributed by atoms with Crippen LogP contribution in [0.25, 0.3) is 0 Å². The van der Waals surface area contributed by atoms with Crippen LogP contribution in [-0.2, 0) is 19.1 Å². The number of hydrogen-bond donors (Lipinski definition) is 0. The smallest absolute Gasteiger partial charge is 0.341 e. The number of esters is 2. The summed E-state index contributed by atoms with van der Waals surface area (Å²) >= 11 is 0. The Morgan fingerprint density at radius 1 is 1.09 bits per heavy atom. The quantitative estimate of drug-likeness (QED) is 0.229. The first-order chi connectivity index (χ1) is 11.0. The molecule has 124 valence electrons. The van der Waals surface area contributed by atoms with Crippen molar-refractivity contribution in [2.24, 2.45) is 0 Å². The van der Waals surface area contributed by atoms with Crippen molar-refractivity contribution in [3.8, 4) is 5.75 Å². The Bertz CT molecular complexity index is 562. The van der Waals surface area contributed by atoms with Gasteiger partial charge in [0.15, 0.2) is 0 Å². The van der Waals surface area contributed by atoms with Gasteiger partial charge in [0.05, 0.1) is 17.8 Å². The number of para-hydroxylation sites is 1. The zero-order valence-electron chi connectivity index (χ0n) is 13.5. The first-order valence-corrected chi connectivity index (χ1v) is 7.43. The fraction of sp³-hybridized carbons (Fsp3) is 0.333. The molecular weight excluding hydrogens is 296 g/mol. The molecule has 0 aromatic heterocycles. The van der Waals surface area contributed by atoms with Crippen molar-refractivity contribution >= 4 is 11.9 Å². The molecular formula is C18H22O5. The Balaban J connectivity index is 2.47. The molecule has 0 aliphatic heterocycles. The second kappa shape index (κ2) is 9.46. The lowest BCUT2D eigenvalue weighted by atomic mass is 10.1. The third kappa shape index (κ3) is 6.38. The molecule has 23 heavy (non-hydrogen) atoms. The van der Waals surface area contributed by atoms with Gasteiger partial charge in [-0.1, -0.05) is 44.7 Å². The maximum Gasteiger partial charge on any atom is 0.341 e. The highest BCUT2D eigenvalue weighted by atomic mass is 16.7. The monoisotopic (exact) mass is 318 g/mol. The van der Waals surface area contributed by atoms with Gasteiger partial charge in [-0.05, 0) is 18.6 Å². The summed E-state index contributed by atoms with van der Waals surface area (Å²) in [6.45, 7) is 10.9. The van der Waals surface area contributed by atoms with E-state index in [0.29, 0.717) is 5.75 Å². The van der Waals surface area contributed by atoms with Gasteiger partial charge in [-0.3, -0.25) is 0 Å². The van der Waals surface area contributed by atoms with Gasteiger partial charge in [-0.2, -0.15) is 0 Å². The van der Waals surface area contributed by atoms with E-state index in [9.17, 15) is 9.59 Å². The molecule has 0 heterocycles. The van der Waals surface area contributed by atoms with Crippen molar-refractivity contribution in [2.45, 2.75) is 33.0 Å². The lowest BCUT2D eigenvalue weighted by Crippen LogP contribution is -2.23. The maximum atomic E-state index is 11.9. The summed E-state index contributed by atoms with van der Waals surface area (Å²) in [4.78, 5) is 23.7. The molecule has 1 rings (SSSR count). The average molecular weight is 318 g/mol. The minimum atomic E-state index is -0.828.